The van der Waals surface area contributed by atoms with Crippen LogP contribution in [0.3, 0.4) is 0 Å². The van der Waals surface area contributed by atoms with E-state index in [0.29, 0.717) is 6.04 Å². The number of nitrogens with one attached hydrogen (secondary N) is 2. The second-order valence-corrected chi connectivity index (χ2v) is 5.79. The molecule has 1 saturated carbocycles. The third-order valence-corrected chi connectivity index (χ3v) is 3.98. The minimum Gasteiger partial charge on any atom is -0.370 e. The van der Waals surface area contributed by atoms with Crippen molar-refractivity contribution in [2.24, 2.45) is 5.92 Å². The molecule has 0 amide bonds. The normalized spacial score (nSPS) is 20.8. The van der Waals surface area contributed by atoms with Gasteiger partial charge >= 0.3 is 0 Å². The fraction of sp³-hybridized carbons (Fsp3) is 0.750. The Morgan fingerprint density at radius 3 is 2.45 bits per heavy atom. The van der Waals surface area contributed by atoms with Crippen molar-refractivity contribution in [1.82, 2.24) is 9.97 Å². The van der Waals surface area contributed by atoms with Crippen molar-refractivity contribution in [2.75, 3.05) is 17.2 Å². The molecule has 1 aliphatic rings. The van der Waals surface area contributed by atoms with Gasteiger partial charge in [0.15, 0.2) is 0 Å². The van der Waals surface area contributed by atoms with Crippen LogP contribution < -0.4 is 10.6 Å². The molecule has 1 aromatic rings. The van der Waals surface area contributed by atoms with Gasteiger partial charge in [0.05, 0.1) is 0 Å². The fourth-order valence-electron chi connectivity index (χ4n) is 2.51. The molecule has 1 aliphatic carbocycles. The second-order valence-electron chi connectivity index (χ2n) is 5.79. The Kier molecular flexibility index (Phi) is 5.21. The number of rotatable bonds is 8. The summed E-state index contributed by atoms with van der Waals surface area (Å²) in [5, 5.41) is 7.04. The summed E-state index contributed by atoms with van der Waals surface area (Å²) in [5.74, 6) is 3.81. The first-order valence-corrected chi connectivity index (χ1v) is 8.07. The van der Waals surface area contributed by atoms with Gasteiger partial charge in [-0.2, -0.15) is 0 Å². The van der Waals surface area contributed by atoms with Crippen molar-refractivity contribution in [2.45, 2.75) is 65.8 Å². The lowest BCUT2D eigenvalue weighted by Gasteiger charge is -2.15. The monoisotopic (exact) mass is 276 g/mol. The molecule has 0 spiro atoms. The first-order chi connectivity index (χ1) is 9.69. The first-order valence-electron chi connectivity index (χ1n) is 8.07. The topological polar surface area (TPSA) is 49.8 Å². The molecule has 2 N–H and O–H groups in total. The molecule has 1 aromatic heterocycles. The smallest absolute Gasteiger partial charge is 0.135 e. The van der Waals surface area contributed by atoms with Crippen LogP contribution in [0.1, 0.15) is 57.8 Å². The van der Waals surface area contributed by atoms with E-state index in [1.165, 1.54) is 12.8 Å². The minimum atomic E-state index is 0.613. The van der Waals surface area contributed by atoms with Gasteiger partial charge in [-0.05, 0) is 32.1 Å². The average Bonchev–Trinajstić information content (AvgIpc) is 3.19. The molecule has 1 heterocycles. The van der Waals surface area contributed by atoms with E-state index in [1.54, 1.807) is 0 Å². The highest BCUT2D eigenvalue weighted by atomic mass is 15.1. The van der Waals surface area contributed by atoms with Gasteiger partial charge in [-0.1, -0.05) is 27.2 Å². The van der Waals surface area contributed by atoms with E-state index in [9.17, 15) is 0 Å². The van der Waals surface area contributed by atoms with Gasteiger partial charge in [-0.25, -0.2) is 9.97 Å². The number of hydrogen-bond acceptors (Lipinski definition) is 4. The maximum absolute atomic E-state index is 4.72. The largest absolute Gasteiger partial charge is 0.370 e. The predicted octanol–water partition coefficient (Wildman–Crippen LogP) is 3.77. The van der Waals surface area contributed by atoms with Crippen LogP contribution in [0.25, 0.3) is 0 Å². The molecule has 0 bridgehead atoms. The zero-order valence-corrected chi connectivity index (χ0v) is 13.3. The standard InChI is InChI=1S/C16H28N4/c1-5-8-14-19-15(17-9-6-2)11(4)16(20-14)18-13-10-12(13)7-3/h12-13H,5-10H2,1-4H3,(H2,17,18,19,20). The summed E-state index contributed by atoms with van der Waals surface area (Å²) < 4.78 is 0. The van der Waals surface area contributed by atoms with Gasteiger partial charge in [0.1, 0.15) is 17.5 Å². The molecule has 2 unspecified atom stereocenters. The fourth-order valence-corrected chi connectivity index (χ4v) is 2.51. The van der Waals surface area contributed by atoms with Crippen LogP contribution >= 0.6 is 0 Å². The number of aromatic nitrogens is 2. The van der Waals surface area contributed by atoms with Crippen molar-refractivity contribution in [3.8, 4) is 0 Å². The molecule has 1 fully saturated rings. The lowest BCUT2D eigenvalue weighted by Crippen LogP contribution is -2.13. The van der Waals surface area contributed by atoms with Gasteiger partial charge in [-0.3, -0.25) is 0 Å². The molecular formula is C16H28N4. The lowest BCUT2D eigenvalue weighted by atomic mass is 10.2. The molecule has 112 valence electrons. The molecule has 0 aromatic carbocycles. The van der Waals surface area contributed by atoms with Gasteiger partial charge in [0.2, 0.25) is 0 Å². The summed E-state index contributed by atoms with van der Waals surface area (Å²) in [6.45, 7) is 9.67. The number of aryl methyl sites for hydroxylation is 1. The van der Waals surface area contributed by atoms with E-state index in [1.807, 2.05) is 0 Å². The molecule has 0 aliphatic heterocycles. The van der Waals surface area contributed by atoms with E-state index in [2.05, 4.69) is 43.3 Å². The van der Waals surface area contributed by atoms with Gasteiger partial charge in [0.25, 0.3) is 0 Å². The Morgan fingerprint density at radius 2 is 1.85 bits per heavy atom. The van der Waals surface area contributed by atoms with E-state index < -0.39 is 0 Å². The van der Waals surface area contributed by atoms with Gasteiger partial charge in [-0.15, -0.1) is 0 Å². The summed E-state index contributed by atoms with van der Waals surface area (Å²) in [6.07, 6.45) is 5.66. The quantitative estimate of drug-likeness (QED) is 0.759. The van der Waals surface area contributed by atoms with Crippen molar-refractivity contribution in [3.05, 3.63) is 11.4 Å². The zero-order chi connectivity index (χ0) is 14.5. The summed E-state index contributed by atoms with van der Waals surface area (Å²) in [6, 6.07) is 0.613. The van der Waals surface area contributed by atoms with Crippen LogP contribution in [0.5, 0.6) is 0 Å². The molecule has 0 saturated heterocycles. The predicted molar refractivity (Wildman–Crippen MR) is 85.4 cm³/mol. The van der Waals surface area contributed by atoms with Crippen LogP contribution in [-0.2, 0) is 6.42 Å². The molecule has 4 heteroatoms. The molecular weight excluding hydrogens is 248 g/mol. The lowest BCUT2D eigenvalue weighted by molar-refractivity contribution is 0.769. The van der Waals surface area contributed by atoms with Crippen molar-refractivity contribution in [3.63, 3.8) is 0 Å². The highest BCUT2D eigenvalue weighted by Crippen LogP contribution is 2.36. The SMILES string of the molecule is CCCNc1nc(CCC)nc(NC2CC2CC)c1C. The van der Waals surface area contributed by atoms with Gasteiger partial charge < -0.3 is 10.6 Å². The molecule has 4 nitrogen and oxygen atoms in total. The molecule has 2 rings (SSSR count). The maximum atomic E-state index is 4.72. The third kappa shape index (κ3) is 3.62. The Labute approximate surface area is 122 Å². The zero-order valence-electron chi connectivity index (χ0n) is 13.3. The van der Waals surface area contributed by atoms with E-state index in [4.69, 9.17) is 4.98 Å². The van der Waals surface area contributed by atoms with Crippen LogP contribution in [0, 0.1) is 12.8 Å². The van der Waals surface area contributed by atoms with Crippen LogP contribution in [0.15, 0.2) is 0 Å². The van der Waals surface area contributed by atoms with Crippen LogP contribution in [0.2, 0.25) is 0 Å². The Morgan fingerprint density at radius 1 is 1.10 bits per heavy atom. The molecule has 20 heavy (non-hydrogen) atoms. The van der Waals surface area contributed by atoms with Crippen LogP contribution in [0.4, 0.5) is 11.6 Å². The number of anilines is 2. The van der Waals surface area contributed by atoms with Crippen molar-refractivity contribution in [1.29, 1.82) is 0 Å². The summed E-state index contributed by atoms with van der Waals surface area (Å²) in [5.41, 5.74) is 1.15. The highest BCUT2D eigenvalue weighted by molar-refractivity contribution is 5.58. The van der Waals surface area contributed by atoms with Crippen molar-refractivity contribution < 1.29 is 0 Å². The first kappa shape index (κ1) is 15.1. The Bertz CT molecular complexity index is 444. The minimum absolute atomic E-state index is 0.613. The van der Waals surface area contributed by atoms with Crippen molar-refractivity contribution >= 4 is 11.6 Å². The highest BCUT2D eigenvalue weighted by Gasteiger charge is 2.35. The average molecular weight is 276 g/mol. The summed E-state index contributed by atoms with van der Waals surface area (Å²) in [7, 11) is 0. The number of nitrogens with zero attached hydrogens (tertiary/aromatic N) is 2. The molecule has 2 atom stereocenters. The summed E-state index contributed by atoms with van der Waals surface area (Å²) >= 11 is 0. The van der Waals surface area contributed by atoms with E-state index in [-0.39, 0.29) is 0 Å². The number of hydrogen-bond donors (Lipinski definition) is 2. The van der Waals surface area contributed by atoms with Gasteiger partial charge in [0, 0.05) is 24.6 Å². The Hall–Kier alpha value is -1.32. The Balaban J connectivity index is 2.16. The van der Waals surface area contributed by atoms with Crippen LogP contribution in [-0.4, -0.2) is 22.6 Å². The second kappa shape index (κ2) is 6.91. The maximum Gasteiger partial charge on any atom is 0.135 e. The summed E-state index contributed by atoms with van der Waals surface area (Å²) in [4.78, 5) is 9.38. The van der Waals surface area contributed by atoms with E-state index >= 15 is 0 Å². The van der Waals surface area contributed by atoms with E-state index in [0.717, 1.165) is 54.7 Å². The molecule has 0 radical (unpaired) electrons. The third-order valence-electron chi connectivity index (χ3n) is 3.98.